The normalized spacial score (nSPS) is 11.0. The van der Waals surface area contributed by atoms with Crippen LogP contribution in [0.25, 0.3) is 0 Å². The van der Waals surface area contributed by atoms with Crippen LogP contribution in [0.4, 0.5) is 5.88 Å². The average molecular weight is 323 g/mol. The molecule has 108 valence electrons. The van der Waals surface area contributed by atoms with Gasteiger partial charge in [0.2, 0.25) is 11.6 Å². The zero-order valence-electron chi connectivity index (χ0n) is 11.4. The van der Waals surface area contributed by atoms with Crippen molar-refractivity contribution in [2.75, 3.05) is 5.43 Å². The van der Waals surface area contributed by atoms with Crippen LogP contribution in [0, 0.1) is 11.3 Å². The van der Waals surface area contributed by atoms with Crippen LogP contribution in [0.15, 0.2) is 27.7 Å². The SMILES string of the molecule is CC(C)c1nc(C#N)c(NN=Cc2c(Cl)cccc2Cl)o1. The molecule has 1 aromatic heterocycles. The summed E-state index contributed by atoms with van der Waals surface area (Å²) in [6.07, 6.45) is 1.46. The van der Waals surface area contributed by atoms with Crippen molar-refractivity contribution < 1.29 is 4.42 Å². The Kier molecular flexibility index (Phi) is 4.84. The molecule has 0 atom stereocenters. The van der Waals surface area contributed by atoms with Crippen LogP contribution >= 0.6 is 23.2 Å². The Morgan fingerprint density at radius 2 is 2.05 bits per heavy atom. The molecule has 2 aromatic rings. The Balaban J connectivity index is 2.20. The van der Waals surface area contributed by atoms with E-state index in [2.05, 4.69) is 15.5 Å². The molecule has 1 heterocycles. The Morgan fingerprint density at radius 1 is 1.38 bits per heavy atom. The summed E-state index contributed by atoms with van der Waals surface area (Å²) < 4.78 is 5.44. The number of halogens is 2. The molecule has 0 saturated heterocycles. The molecule has 7 heteroatoms. The van der Waals surface area contributed by atoms with Crippen LogP contribution in [-0.2, 0) is 0 Å². The molecule has 2 rings (SSSR count). The van der Waals surface area contributed by atoms with Crippen molar-refractivity contribution in [2.24, 2.45) is 5.10 Å². The highest BCUT2D eigenvalue weighted by atomic mass is 35.5. The first-order chi connectivity index (χ1) is 10.0. The van der Waals surface area contributed by atoms with Crippen LogP contribution in [-0.4, -0.2) is 11.2 Å². The topological polar surface area (TPSA) is 74.2 Å². The summed E-state index contributed by atoms with van der Waals surface area (Å²) in [6.45, 7) is 3.84. The van der Waals surface area contributed by atoms with Gasteiger partial charge in [-0.05, 0) is 12.1 Å². The largest absolute Gasteiger partial charge is 0.422 e. The predicted octanol–water partition coefficient (Wildman–Crippen LogP) is 4.42. The minimum atomic E-state index is 0.0784. The van der Waals surface area contributed by atoms with Crippen molar-refractivity contribution in [2.45, 2.75) is 19.8 Å². The van der Waals surface area contributed by atoms with Crippen molar-refractivity contribution >= 4 is 35.3 Å². The van der Waals surface area contributed by atoms with Gasteiger partial charge in [0.1, 0.15) is 6.07 Å². The number of hydrogen-bond donors (Lipinski definition) is 1. The summed E-state index contributed by atoms with van der Waals surface area (Å²) in [5, 5.41) is 14.0. The van der Waals surface area contributed by atoms with E-state index in [1.54, 1.807) is 18.2 Å². The number of benzene rings is 1. The molecule has 0 fully saturated rings. The zero-order chi connectivity index (χ0) is 15.4. The number of nitrogens with zero attached hydrogens (tertiary/aromatic N) is 3. The number of aromatic nitrogens is 1. The van der Waals surface area contributed by atoms with Gasteiger partial charge in [-0.1, -0.05) is 43.1 Å². The van der Waals surface area contributed by atoms with Gasteiger partial charge in [-0.2, -0.15) is 10.4 Å². The number of oxazole rings is 1. The minimum absolute atomic E-state index is 0.0784. The van der Waals surface area contributed by atoms with Gasteiger partial charge in [-0.15, -0.1) is 0 Å². The molecule has 21 heavy (non-hydrogen) atoms. The first-order valence-corrected chi connectivity index (χ1v) is 6.92. The molecule has 1 aromatic carbocycles. The van der Waals surface area contributed by atoms with E-state index in [0.717, 1.165) is 0 Å². The number of hydrogen-bond acceptors (Lipinski definition) is 5. The van der Waals surface area contributed by atoms with E-state index >= 15 is 0 Å². The van der Waals surface area contributed by atoms with E-state index in [0.29, 0.717) is 21.5 Å². The van der Waals surface area contributed by atoms with Gasteiger partial charge in [0.15, 0.2) is 0 Å². The second-order valence-corrected chi connectivity index (χ2v) is 5.32. The van der Waals surface area contributed by atoms with Crippen LogP contribution in [0.3, 0.4) is 0 Å². The third-order valence-corrected chi connectivity index (χ3v) is 3.26. The van der Waals surface area contributed by atoms with E-state index in [1.165, 1.54) is 6.21 Å². The van der Waals surface area contributed by atoms with Gasteiger partial charge in [0.25, 0.3) is 5.88 Å². The highest BCUT2D eigenvalue weighted by Gasteiger charge is 2.14. The third kappa shape index (κ3) is 3.54. The second-order valence-electron chi connectivity index (χ2n) is 4.50. The van der Waals surface area contributed by atoms with Crippen molar-refractivity contribution in [3.8, 4) is 6.07 Å². The summed E-state index contributed by atoms with van der Waals surface area (Å²) in [6, 6.07) is 7.11. The van der Waals surface area contributed by atoms with Gasteiger partial charge < -0.3 is 4.42 Å². The van der Waals surface area contributed by atoms with Gasteiger partial charge in [0, 0.05) is 11.5 Å². The Morgan fingerprint density at radius 3 is 2.62 bits per heavy atom. The first-order valence-electron chi connectivity index (χ1n) is 6.16. The van der Waals surface area contributed by atoms with E-state index in [4.69, 9.17) is 32.9 Å². The molecule has 0 amide bonds. The van der Waals surface area contributed by atoms with Crippen LogP contribution in [0.2, 0.25) is 10.0 Å². The quantitative estimate of drug-likeness (QED) is 0.667. The molecular formula is C14H12Cl2N4O. The fraction of sp³-hybridized carbons (Fsp3) is 0.214. The third-order valence-electron chi connectivity index (χ3n) is 2.60. The van der Waals surface area contributed by atoms with Gasteiger partial charge >= 0.3 is 0 Å². The summed E-state index contributed by atoms with van der Waals surface area (Å²) in [5.74, 6) is 0.746. The number of hydrazone groups is 1. The molecule has 1 N–H and O–H groups in total. The number of rotatable bonds is 4. The fourth-order valence-corrected chi connectivity index (χ4v) is 2.02. The number of nitriles is 1. The highest BCUT2D eigenvalue weighted by molar-refractivity contribution is 6.38. The molecule has 0 aliphatic carbocycles. The molecule has 0 radical (unpaired) electrons. The summed E-state index contributed by atoms with van der Waals surface area (Å²) in [4.78, 5) is 4.07. The molecular weight excluding hydrogens is 311 g/mol. The maximum atomic E-state index is 9.01. The molecule has 0 saturated carbocycles. The summed E-state index contributed by atoms with van der Waals surface area (Å²) >= 11 is 12.0. The lowest BCUT2D eigenvalue weighted by Gasteiger charge is -2.00. The van der Waals surface area contributed by atoms with Crippen LogP contribution < -0.4 is 5.43 Å². The highest BCUT2D eigenvalue weighted by Crippen LogP contribution is 2.24. The van der Waals surface area contributed by atoms with E-state index in [9.17, 15) is 0 Å². The lowest BCUT2D eigenvalue weighted by atomic mass is 10.2. The van der Waals surface area contributed by atoms with Gasteiger partial charge in [-0.3, -0.25) is 0 Å². The van der Waals surface area contributed by atoms with Gasteiger partial charge in [0.05, 0.1) is 16.3 Å². The van der Waals surface area contributed by atoms with Crippen molar-refractivity contribution in [1.29, 1.82) is 5.26 Å². The fourth-order valence-electron chi connectivity index (χ4n) is 1.52. The van der Waals surface area contributed by atoms with E-state index < -0.39 is 0 Å². The van der Waals surface area contributed by atoms with Crippen molar-refractivity contribution in [3.05, 3.63) is 45.4 Å². The maximum absolute atomic E-state index is 9.01. The Labute approximate surface area is 132 Å². The molecule has 0 unspecified atom stereocenters. The lowest BCUT2D eigenvalue weighted by Crippen LogP contribution is -1.92. The second kappa shape index (κ2) is 6.61. The molecule has 5 nitrogen and oxygen atoms in total. The lowest BCUT2D eigenvalue weighted by molar-refractivity contribution is 0.481. The molecule has 0 aliphatic heterocycles. The molecule has 0 bridgehead atoms. The van der Waals surface area contributed by atoms with E-state index in [-0.39, 0.29) is 17.5 Å². The Hall–Kier alpha value is -2.03. The smallest absolute Gasteiger partial charge is 0.252 e. The summed E-state index contributed by atoms with van der Waals surface area (Å²) in [5.41, 5.74) is 3.38. The molecule has 0 aliphatic rings. The minimum Gasteiger partial charge on any atom is -0.422 e. The standard InChI is InChI=1S/C14H12Cl2N4O/c1-8(2)13-19-12(6-17)14(21-13)20-18-7-9-10(15)4-3-5-11(9)16/h3-5,7-8,20H,1-2H3. The maximum Gasteiger partial charge on any atom is 0.252 e. The van der Waals surface area contributed by atoms with Gasteiger partial charge in [-0.25, -0.2) is 10.4 Å². The Bertz CT molecular complexity index is 696. The van der Waals surface area contributed by atoms with Crippen molar-refractivity contribution in [3.63, 3.8) is 0 Å². The first kappa shape index (κ1) is 15.4. The van der Waals surface area contributed by atoms with Crippen molar-refractivity contribution in [1.82, 2.24) is 4.98 Å². The number of anilines is 1. The van der Waals surface area contributed by atoms with E-state index in [1.807, 2.05) is 19.9 Å². The predicted molar refractivity (Wildman–Crippen MR) is 83.0 cm³/mol. The monoisotopic (exact) mass is 322 g/mol. The average Bonchev–Trinajstić information content (AvgIpc) is 2.85. The number of nitrogens with one attached hydrogen (secondary N) is 1. The molecule has 0 spiro atoms. The summed E-state index contributed by atoms with van der Waals surface area (Å²) in [7, 11) is 0. The zero-order valence-corrected chi connectivity index (χ0v) is 12.9. The van der Waals surface area contributed by atoms with Crippen LogP contribution in [0.5, 0.6) is 0 Å². The van der Waals surface area contributed by atoms with Crippen LogP contribution in [0.1, 0.15) is 36.9 Å².